The highest BCUT2D eigenvalue weighted by atomic mass is 15.4. The number of hydrogen-bond donors (Lipinski definition) is 0. The maximum absolute atomic E-state index is 4.93. The molecule has 2 aliphatic rings. The van der Waals surface area contributed by atoms with Crippen LogP contribution >= 0.6 is 0 Å². The summed E-state index contributed by atoms with van der Waals surface area (Å²) >= 11 is 0. The van der Waals surface area contributed by atoms with Crippen LogP contribution in [0.1, 0.15) is 41.9 Å². The number of benzene rings is 1. The molecule has 0 unspecified atom stereocenters. The van der Waals surface area contributed by atoms with Gasteiger partial charge in [-0.15, -0.1) is 0 Å². The number of fused-ring (bicyclic) bond motifs is 1. The van der Waals surface area contributed by atoms with Gasteiger partial charge < -0.3 is 4.90 Å². The van der Waals surface area contributed by atoms with Crippen molar-refractivity contribution in [1.82, 2.24) is 29.4 Å². The lowest BCUT2D eigenvalue weighted by Gasteiger charge is -2.08. The molecule has 0 atom stereocenters. The van der Waals surface area contributed by atoms with Crippen LogP contribution in [0.2, 0.25) is 0 Å². The van der Waals surface area contributed by atoms with Crippen molar-refractivity contribution < 1.29 is 0 Å². The molecule has 0 radical (unpaired) electrons. The lowest BCUT2D eigenvalue weighted by Crippen LogP contribution is -2.13. The average Bonchev–Trinajstić information content (AvgIpc) is 2.98. The Kier molecular flexibility index (Phi) is 4.35. The van der Waals surface area contributed by atoms with Gasteiger partial charge in [-0.25, -0.2) is 9.67 Å². The summed E-state index contributed by atoms with van der Waals surface area (Å²) in [6.45, 7) is 6.39. The molecule has 0 saturated heterocycles. The Morgan fingerprint density at radius 2 is 1.90 bits per heavy atom. The van der Waals surface area contributed by atoms with Gasteiger partial charge in [-0.3, -0.25) is 4.68 Å². The second-order valence-electron chi connectivity index (χ2n) is 9.29. The molecule has 6 nitrogen and oxygen atoms in total. The first-order valence-corrected chi connectivity index (χ1v) is 10.7. The van der Waals surface area contributed by atoms with Crippen molar-refractivity contribution in [2.45, 2.75) is 52.5 Å². The third-order valence-electron chi connectivity index (χ3n) is 6.48. The minimum absolute atomic E-state index is 0.528. The highest BCUT2D eigenvalue weighted by Crippen LogP contribution is 2.53. The van der Waals surface area contributed by atoms with Crippen molar-refractivity contribution in [2.75, 3.05) is 20.6 Å². The van der Waals surface area contributed by atoms with E-state index in [-0.39, 0.29) is 0 Å². The van der Waals surface area contributed by atoms with E-state index in [0.29, 0.717) is 5.41 Å². The number of rotatable bonds is 6. The molecule has 1 aliphatic carbocycles. The Morgan fingerprint density at radius 3 is 2.59 bits per heavy atom. The lowest BCUT2D eigenvalue weighted by atomic mass is 10.0. The van der Waals surface area contributed by atoms with Crippen LogP contribution in [0.15, 0.2) is 24.3 Å². The zero-order chi connectivity index (χ0) is 20.2. The van der Waals surface area contributed by atoms with Gasteiger partial charge in [0.2, 0.25) is 0 Å². The average molecular weight is 391 g/mol. The fraction of sp³-hybridized carbons (Fsp3) is 0.522. The summed E-state index contributed by atoms with van der Waals surface area (Å²) in [4.78, 5) is 7.13. The van der Waals surface area contributed by atoms with E-state index in [1.54, 1.807) is 0 Å². The molecule has 1 aromatic carbocycles. The van der Waals surface area contributed by atoms with Crippen molar-refractivity contribution in [1.29, 1.82) is 0 Å². The lowest BCUT2D eigenvalue weighted by molar-refractivity contribution is 0.398. The van der Waals surface area contributed by atoms with E-state index in [4.69, 9.17) is 15.2 Å². The molecule has 1 saturated carbocycles. The van der Waals surface area contributed by atoms with Gasteiger partial charge >= 0.3 is 0 Å². The molecule has 0 N–H and O–H groups in total. The predicted molar refractivity (Wildman–Crippen MR) is 114 cm³/mol. The maximum Gasteiger partial charge on any atom is 0.183 e. The fourth-order valence-corrected chi connectivity index (χ4v) is 4.33. The van der Waals surface area contributed by atoms with Gasteiger partial charge in [0.15, 0.2) is 11.6 Å². The van der Waals surface area contributed by atoms with E-state index >= 15 is 0 Å². The molecule has 152 valence electrons. The summed E-state index contributed by atoms with van der Waals surface area (Å²) < 4.78 is 4.19. The second-order valence-corrected chi connectivity index (χ2v) is 9.29. The van der Waals surface area contributed by atoms with Crippen LogP contribution in [0.4, 0.5) is 0 Å². The summed E-state index contributed by atoms with van der Waals surface area (Å²) in [5.74, 6) is 1.76. The van der Waals surface area contributed by atoms with E-state index in [1.807, 2.05) is 4.68 Å². The van der Waals surface area contributed by atoms with Crippen LogP contribution in [0.3, 0.4) is 0 Å². The van der Waals surface area contributed by atoms with E-state index in [2.05, 4.69) is 61.8 Å². The monoisotopic (exact) mass is 390 g/mol. The Hall–Kier alpha value is -2.47. The molecule has 5 rings (SSSR count). The molecule has 29 heavy (non-hydrogen) atoms. The summed E-state index contributed by atoms with van der Waals surface area (Å²) in [7, 11) is 4.21. The Balaban J connectivity index is 1.50. The SMILES string of the molecule is Cc1ccc(-n2nc(CCCN(C)C)nc2-c2cc3n(n2)CC2(CC2)C3)cc1C. The molecule has 6 heteroatoms. The van der Waals surface area contributed by atoms with Crippen molar-refractivity contribution in [3.63, 3.8) is 0 Å². The second kappa shape index (κ2) is 6.80. The van der Waals surface area contributed by atoms with Gasteiger partial charge in [-0.2, -0.15) is 10.2 Å². The van der Waals surface area contributed by atoms with Crippen LogP contribution in [0, 0.1) is 19.3 Å². The van der Waals surface area contributed by atoms with Crippen LogP contribution in [0.25, 0.3) is 17.2 Å². The quantitative estimate of drug-likeness (QED) is 0.646. The van der Waals surface area contributed by atoms with E-state index < -0.39 is 0 Å². The molecule has 1 aliphatic heterocycles. The van der Waals surface area contributed by atoms with Crippen molar-refractivity contribution in [3.05, 3.63) is 46.9 Å². The smallest absolute Gasteiger partial charge is 0.183 e. The molecule has 0 amide bonds. The highest BCUT2D eigenvalue weighted by Gasteiger charge is 2.48. The third-order valence-corrected chi connectivity index (χ3v) is 6.48. The Bertz CT molecular complexity index is 1030. The summed E-state index contributed by atoms with van der Waals surface area (Å²) in [5, 5.41) is 9.82. The molecular formula is C23H30N6. The van der Waals surface area contributed by atoms with Crippen molar-refractivity contribution >= 4 is 0 Å². The predicted octanol–water partition coefficient (Wildman–Crippen LogP) is 3.58. The van der Waals surface area contributed by atoms with E-state index in [1.165, 1.54) is 29.7 Å². The van der Waals surface area contributed by atoms with Gasteiger partial charge in [-0.1, -0.05) is 6.07 Å². The van der Waals surface area contributed by atoms with Gasteiger partial charge in [0.1, 0.15) is 5.69 Å². The van der Waals surface area contributed by atoms with Gasteiger partial charge in [0.25, 0.3) is 0 Å². The van der Waals surface area contributed by atoms with Gasteiger partial charge in [0.05, 0.1) is 5.69 Å². The third kappa shape index (κ3) is 3.50. The molecule has 3 heterocycles. The summed E-state index contributed by atoms with van der Waals surface area (Å²) in [6.07, 6.45) is 5.78. The first kappa shape index (κ1) is 18.6. The highest BCUT2D eigenvalue weighted by molar-refractivity contribution is 5.55. The van der Waals surface area contributed by atoms with Crippen LogP contribution in [0.5, 0.6) is 0 Å². The number of aryl methyl sites for hydroxylation is 3. The zero-order valence-electron chi connectivity index (χ0n) is 17.9. The van der Waals surface area contributed by atoms with E-state index in [0.717, 1.165) is 55.4 Å². The minimum Gasteiger partial charge on any atom is -0.309 e. The Labute approximate surface area is 172 Å². The first-order chi connectivity index (χ1) is 13.9. The largest absolute Gasteiger partial charge is 0.309 e. The zero-order valence-corrected chi connectivity index (χ0v) is 17.9. The first-order valence-electron chi connectivity index (χ1n) is 10.7. The summed E-state index contributed by atoms with van der Waals surface area (Å²) in [6, 6.07) is 8.72. The minimum atomic E-state index is 0.528. The maximum atomic E-state index is 4.93. The number of nitrogens with zero attached hydrogens (tertiary/aromatic N) is 6. The van der Waals surface area contributed by atoms with Crippen molar-refractivity contribution in [2.24, 2.45) is 5.41 Å². The Morgan fingerprint density at radius 1 is 1.07 bits per heavy atom. The van der Waals surface area contributed by atoms with Crippen LogP contribution in [-0.2, 0) is 19.4 Å². The van der Waals surface area contributed by atoms with Crippen molar-refractivity contribution in [3.8, 4) is 17.2 Å². The molecule has 1 fully saturated rings. The molecule has 1 spiro atoms. The number of aromatic nitrogens is 5. The standard InChI is InChI=1S/C23H30N6/c1-16-7-8-18(12-17(16)2)29-22(24-21(26-29)6-5-11-27(3)4)20-13-19-14-23(9-10-23)15-28(19)25-20/h7-8,12-13H,5-6,9-11,14-15H2,1-4H3. The normalized spacial score (nSPS) is 16.7. The fourth-order valence-electron chi connectivity index (χ4n) is 4.33. The van der Waals surface area contributed by atoms with E-state index in [9.17, 15) is 0 Å². The number of hydrogen-bond acceptors (Lipinski definition) is 4. The topological polar surface area (TPSA) is 51.8 Å². The molecule has 0 bridgehead atoms. The molecular weight excluding hydrogens is 360 g/mol. The van der Waals surface area contributed by atoms with Crippen LogP contribution < -0.4 is 0 Å². The van der Waals surface area contributed by atoms with Gasteiger partial charge in [-0.05, 0) is 94.9 Å². The summed E-state index contributed by atoms with van der Waals surface area (Å²) in [5.41, 5.74) is 6.43. The molecule has 2 aromatic heterocycles. The molecule has 3 aromatic rings. The van der Waals surface area contributed by atoms with Crippen LogP contribution in [-0.4, -0.2) is 50.1 Å². The van der Waals surface area contributed by atoms with Gasteiger partial charge in [0, 0.05) is 18.7 Å².